The lowest BCUT2D eigenvalue weighted by Gasteiger charge is -2.27. The fourth-order valence-electron chi connectivity index (χ4n) is 3.06. The molecule has 1 saturated heterocycles. The molecule has 0 saturated carbocycles. The summed E-state index contributed by atoms with van der Waals surface area (Å²) >= 11 is 10.8. The third-order valence-electron chi connectivity index (χ3n) is 4.12. The standard InChI is InChI=1S/C18H14BrN3OS2/c19-15-9-8-14(25-15)17-16(11-5-3-4-10-20-11)21-18(24)22(17)12-6-1-2-7-13(12)23/h1-10,16-17,23H,(H,21,24). The normalized spacial score (nSPS) is 19.9. The Bertz CT molecular complexity index is 915. The van der Waals surface area contributed by atoms with Crippen LogP contribution in [0.25, 0.3) is 0 Å². The highest BCUT2D eigenvalue weighted by molar-refractivity contribution is 9.11. The predicted octanol–water partition coefficient (Wildman–Crippen LogP) is 4.79. The molecule has 1 fully saturated rings. The first kappa shape index (κ1) is 16.5. The van der Waals surface area contributed by atoms with Crippen LogP contribution in [-0.2, 0) is 0 Å². The number of rotatable bonds is 3. The summed E-state index contributed by atoms with van der Waals surface area (Å²) in [5, 5.41) is 14.3. The number of hydrogen-bond acceptors (Lipinski definition) is 4. The lowest BCUT2D eigenvalue weighted by molar-refractivity contribution is 0.473. The Morgan fingerprint density at radius 3 is 2.60 bits per heavy atom. The van der Waals surface area contributed by atoms with E-state index in [9.17, 15) is 5.11 Å². The van der Waals surface area contributed by atoms with E-state index >= 15 is 0 Å². The van der Waals surface area contributed by atoms with Crippen LogP contribution in [0.2, 0.25) is 0 Å². The molecular weight excluding hydrogens is 418 g/mol. The van der Waals surface area contributed by atoms with Crippen LogP contribution in [0.5, 0.6) is 5.75 Å². The third kappa shape index (κ3) is 3.03. The van der Waals surface area contributed by atoms with Crippen molar-refractivity contribution < 1.29 is 5.11 Å². The number of pyridine rings is 1. The zero-order valence-electron chi connectivity index (χ0n) is 13.0. The number of aromatic hydroxyl groups is 1. The average Bonchev–Trinajstić information content (AvgIpc) is 3.19. The largest absolute Gasteiger partial charge is 0.506 e. The Morgan fingerprint density at radius 2 is 1.92 bits per heavy atom. The smallest absolute Gasteiger partial charge is 0.174 e. The summed E-state index contributed by atoms with van der Waals surface area (Å²) in [6.07, 6.45) is 1.78. The van der Waals surface area contributed by atoms with Gasteiger partial charge in [-0.15, -0.1) is 11.3 Å². The van der Waals surface area contributed by atoms with Crippen LogP contribution in [0, 0.1) is 0 Å². The Hall–Kier alpha value is -1.96. The number of anilines is 1. The highest BCUT2D eigenvalue weighted by Gasteiger charge is 2.42. The van der Waals surface area contributed by atoms with Crippen molar-refractivity contribution in [2.45, 2.75) is 12.1 Å². The summed E-state index contributed by atoms with van der Waals surface area (Å²) in [5.74, 6) is 0.203. The molecule has 4 rings (SSSR count). The first-order valence-corrected chi connectivity index (χ1v) is 9.71. The van der Waals surface area contributed by atoms with Gasteiger partial charge in [-0.1, -0.05) is 18.2 Å². The molecule has 1 aliphatic rings. The summed E-state index contributed by atoms with van der Waals surface area (Å²) in [5.41, 5.74) is 1.60. The first-order valence-electron chi connectivity index (χ1n) is 7.69. The molecule has 0 radical (unpaired) electrons. The monoisotopic (exact) mass is 431 g/mol. The third-order valence-corrected chi connectivity index (χ3v) is 6.13. The van der Waals surface area contributed by atoms with E-state index in [1.165, 1.54) is 0 Å². The summed E-state index contributed by atoms with van der Waals surface area (Å²) in [4.78, 5) is 7.62. The fraction of sp³-hybridized carbons (Fsp3) is 0.111. The highest BCUT2D eigenvalue weighted by atomic mass is 79.9. The van der Waals surface area contributed by atoms with Crippen LogP contribution in [-0.4, -0.2) is 15.2 Å². The summed E-state index contributed by atoms with van der Waals surface area (Å²) in [6.45, 7) is 0. The van der Waals surface area contributed by atoms with Crippen molar-refractivity contribution >= 4 is 50.3 Å². The molecule has 2 unspecified atom stereocenters. The van der Waals surface area contributed by atoms with Gasteiger partial charge in [0.15, 0.2) is 5.11 Å². The average molecular weight is 432 g/mol. The van der Waals surface area contributed by atoms with Gasteiger partial charge in [0.1, 0.15) is 5.75 Å². The fourth-order valence-corrected chi connectivity index (χ4v) is 4.95. The summed E-state index contributed by atoms with van der Waals surface area (Å²) < 4.78 is 1.05. The summed E-state index contributed by atoms with van der Waals surface area (Å²) in [7, 11) is 0. The van der Waals surface area contributed by atoms with E-state index < -0.39 is 0 Å². The lowest BCUT2D eigenvalue weighted by Crippen LogP contribution is -2.29. The molecule has 25 heavy (non-hydrogen) atoms. The molecule has 0 aliphatic carbocycles. The van der Waals surface area contributed by atoms with Gasteiger partial charge in [0.25, 0.3) is 0 Å². The maximum Gasteiger partial charge on any atom is 0.174 e. The topological polar surface area (TPSA) is 48.4 Å². The summed E-state index contributed by atoms with van der Waals surface area (Å²) in [6, 6.07) is 17.0. The lowest BCUT2D eigenvalue weighted by atomic mass is 10.0. The molecule has 0 amide bonds. The number of thiophene rings is 1. The van der Waals surface area contributed by atoms with Crippen LogP contribution in [0.15, 0.2) is 64.6 Å². The molecule has 2 N–H and O–H groups in total. The molecule has 3 aromatic rings. The van der Waals surface area contributed by atoms with Crippen molar-refractivity contribution in [1.82, 2.24) is 10.3 Å². The SMILES string of the molecule is Oc1ccccc1N1C(=S)NC(c2ccccn2)C1c1ccc(Br)s1. The molecule has 2 atom stereocenters. The number of halogens is 1. The quantitative estimate of drug-likeness (QED) is 0.583. The maximum atomic E-state index is 10.4. The van der Waals surface area contributed by atoms with Crippen LogP contribution in [0.1, 0.15) is 22.7 Å². The van der Waals surface area contributed by atoms with Gasteiger partial charge in [0.05, 0.1) is 27.3 Å². The minimum absolute atomic E-state index is 0.0907. The van der Waals surface area contributed by atoms with Crippen molar-refractivity contribution in [2.75, 3.05) is 4.90 Å². The Balaban J connectivity index is 1.85. The van der Waals surface area contributed by atoms with Gasteiger partial charge < -0.3 is 15.3 Å². The van der Waals surface area contributed by atoms with Gasteiger partial charge in [-0.2, -0.15) is 0 Å². The maximum absolute atomic E-state index is 10.4. The Kier molecular flexibility index (Phi) is 4.45. The minimum Gasteiger partial charge on any atom is -0.506 e. The number of nitrogens with zero attached hydrogens (tertiary/aromatic N) is 2. The number of nitrogens with one attached hydrogen (secondary N) is 1. The van der Waals surface area contributed by atoms with Crippen molar-refractivity contribution in [3.63, 3.8) is 0 Å². The first-order chi connectivity index (χ1) is 12.1. The van der Waals surface area contributed by atoms with Crippen LogP contribution >= 0.6 is 39.5 Å². The van der Waals surface area contributed by atoms with E-state index in [0.717, 1.165) is 14.4 Å². The van der Waals surface area contributed by atoms with Crippen molar-refractivity contribution in [2.24, 2.45) is 0 Å². The van der Waals surface area contributed by atoms with Crippen molar-refractivity contribution in [3.05, 3.63) is 75.2 Å². The molecule has 126 valence electrons. The van der Waals surface area contributed by atoms with Gasteiger partial charge in [-0.05, 0) is 64.5 Å². The number of para-hydroxylation sites is 2. The molecule has 7 heteroatoms. The molecule has 0 bridgehead atoms. The van der Waals surface area contributed by atoms with Gasteiger partial charge in [0.2, 0.25) is 0 Å². The van der Waals surface area contributed by atoms with Crippen LogP contribution in [0.4, 0.5) is 5.69 Å². The zero-order valence-corrected chi connectivity index (χ0v) is 16.2. The number of phenolic OH excluding ortho intramolecular Hbond substituents is 1. The molecule has 3 heterocycles. The number of aromatic nitrogens is 1. The van der Waals surface area contributed by atoms with Gasteiger partial charge in [-0.3, -0.25) is 4.98 Å². The molecule has 0 spiro atoms. The molecule has 1 aromatic carbocycles. The van der Waals surface area contributed by atoms with Crippen molar-refractivity contribution in [1.29, 1.82) is 0 Å². The number of thiocarbonyl (C=S) groups is 1. The van der Waals surface area contributed by atoms with Gasteiger partial charge in [0, 0.05) is 11.1 Å². The molecule has 2 aromatic heterocycles. The van der Waals surface area contributed by atoms with E-state index in [2.05, 4.69) is 32.3 Å². The molecule has 4 nitrogen and oxygen atoms in total. The Labute approximate surface area is 163 Å². The van der Waals surface area contributed by atoms with E-state index in [4.69, 9.17) is 12.2 Å². The second-order valence-corrected chi connectivity index (χ2v) is 8.51. The zero-order chi connectivity index (χ0) is 17.4. The molecular formula is C18H14BrN3OS2. The highest BCUT2D eigenvalue weighted by Crippen LogP contribution is 2.46. The van der Waals surface area contributed by atoms with Crippen molar-refractivity contribution in [3.8, 4) is 5.75 Å². The Morgan fingerprint density at radius 1 is 1.12 bits per heavy atom. The predicted molar refractivity (Wildman–Crippen MR) is 108 cm³/mol. The number of benzene rings is 1. The van der Waals surface area contributed by atoms with Gasteiger partial charge in [-0.25, -0.2) is 0 Å². The second-order valence-electron chi connectivity index (χ2n) is 5.63. The number of phenols is 1. The van der Waals surface area contributed by atoms with E-state index in [1.54, 1.807) is 29.7 Å². The van der Waals surface area contributed by atoms with Gasteiger partial charge >= 0.3 is 0 Å². The van der Waals surface area contributed by atoms with E-state index in [-0.39, 0.29) is 17.8 Å². The second kappa shape index (κ2) is 6.74. The van der Waals surface area contributed by atoms with E-state index in [0.29, 0.717) is 10.8 Å². The molecule has 1 aliphatic heterocycles. The minimum atomic E-state index is -0.0983. The van der Waals surface area contributed by atoms with Crippen LogP contribution < -0.4 is 10.2 Å². The van der Waals surface area contributed by atoms with E-state index in [1.807, 2.05) is 41.3 Å². The number of hydrogen-bond donors (Lipinski definition) is 2. The van der Waals surface area contributed by atoms with Crippen LogP contribution in [0.3, 0.4) is 0 Å².